The van der Waals surface area contributed by atoms with Crippen LogP contribution in [0.25, 0.3) is 6.08 Å². The number of nitrogens with zero attached hydrogens (tertiary/aromatic N) is 1. The summed E-state index contributed by atoms with van der Waals surface area (Å²) in [5, 5.41) is 0. The SMILES string of the molecule is CCC(=O)Oc1ccc(Br)cc1/C=C1/N=C(c2ccc3c(c2)OCO3)OC1=O. The third kappa shape index (κ3) is 3.63. The fourth-order valence-corrected chi connectivity index (χ4v) is 3.01. The number of esters is 2. The third-order valence-electron chi connectivity index (χ3n) is 4.02. The van der Waals surface area contributed by atoms with Gasteiger partial charge in [0.2, 0.25) is 12.7 Å². The molecule has 142 valence electrons. The Kier molecular flexibility index (Phi) is 4.87. The number of hydrogen-bond acceptors (Lipinski definition) is 7. The largest absolute Gasteiger partial charge is 0.454 e. The van der Waals surface area contributed by atoms with Gasteiger partial charge in [-0.2, -0.15) is 0 Å². The minimum Gasteiger partial charge on any atom is -0.454 e. The van der Waals surface area contributed by atoms with Crippen molar-refractivity contribution in [2.75, 3.05) is 6.79 Å². The van der Waals surface area contributed by atoms with Crippen LogP contribution < -0.4 is 14.2 Å². The van der Waals surface area contributed by atoms with E-state index < -0.39 is 5.97 Å². The molecule has 0 atom stereocenters. The minimum absolute atomic E-state index is 0.0968. The Labute approximate surface area is 168 Å². The van der Waals surface area contributed by atoms with Crippen molar-refractivity contribution in [3.05, 3.63) is 57.7 Å². The molecule has 2 aromatic rings. The molecule has 4 rings (SSSR count). The number of benzene rings is 2. The van der Waals surface area contributed by atoms with E-state index in [-0.39, 0.29) is 30.8 Å². The number of rotatable bonds is 4. The summed E-state index contributed by atoms with van der Waals surface area (Å²) in [4.78, 5) is 28.2. The van der Waals surface area contributed by atoms with Crippen LogP contribution >= 0.6 is 15.9 Å². The molecule has 0 N–H and O–H groups in total. The summed E-state index contributed by atoms with van der Waals surface area (Å²) in [6, 6.07) is 10.3. The summed E-state index contributed by atoms with van der Waals surface area (Å²) in [5.74, 6) is 0.718. The van der Waals surface area contributed by atoms with Crippen LogP contribution in [0.2, 0.25) is 0 Å². The highest BCUT2D eigenvalue weighted by molar-refractivity contribution is 9.10. The maximum Gasteiger partial charge on any atom is 0.363 e. The van der Waals surface area contributed by atoms with Gasteiger partial charge < -0.3 is 18.9 Å². The Morgan fingerprint density at radius 1 is 1.21 bits per heavy atom. The summed E-state index contributed by atoms with van der Waals surface area (Å²) in [7, 11) is 0. The molecule has 0 aromatic heterocycles. The average molecular weight is 444 g/mol. The lowest BCUT2D eigenvalue weighted by molar-refractivity contribution is -0.134. The summed E-state index contributed by atoms with van der Waals surface area (Å²) >= 11 is 3.37. The van der Waals surface area contributed by atoms with E-state index >= 15 is 0 Å². The van der Waals surface area contributed by atoms with Gasteiger partial charge in [0.1, 0.15) is 5.75 Å². The Morgan fingerprint density at radius 2 is 2.04 bits per heavy atom. The molecule has 0 saturated heterocycles. The van der Waals surface area contributed by atoms with E-state index in [0.29, 0.717) is 28.4 Å². The quantitative estimate of drug-likeness (QED) is 0.405. The van der Waals surface area contributed by atoms with Gasteiger partial charge >= 0.3 is 11.9 Å². The van der Waals surface area contributed by atoms with Crippen LogP contribution in [0.3, 0.4) is 0 Å². The van der Waals surface area contributed by atoms with Crippen molar-refractivity contribution in [1.29, 1.82) is 0 Å². The van der Waals surface area contributed by atoms with Gasteiger partial charge in [0, 0.05) is 22.0 Å². The van der Waals surface area contributed by atoms with Gasteiger partial charge in [0.15, 0.2) is 17.2 Å². The topological polar surface area (TPSA) is 83.4 Å². The molecular formula is C20H14BrNO6. The minimum atomic E-state index is -0.597. The first-order chi connectivity index (χ1) is 13.5. The molecular weight excluding hydrogens is 430 g/mol. The molecule has 2 aliphatic heterocycles. The van der Waals surface area contributed by atoms with E-state index in [9.17, 15) is 9.59 Å². The summed E-state index contributed by atoms with van der Waals surface area (Å²) in [6.45, 7) is 1.86. The normalized spacial score (nSPS) is 16.1. The summed E-state index contributed by atoms with van der Waals surface area (Å²) in [5.41, 5.74) is 1.21. The van der Waals surface area contributed by atoms with Crippen molar-refractivity contribution < 1.29 is 28.5 Å². The molecule has 28 heavy (non-hydrogen) atoms. The van der Waals surface area contributed by atoms with Crippen molar-refractivity contribution in [3.63, 3.8) is 0 Å². The fourth-order valence-electron chi connectivity index (χ4n) is 2.63. The number of carbonyl (C=O) groups is 2. The molecule has 0 saturated carbocycles. The van der Waals surface area contributed by atoms with E-state index in [1.807, 2.05) is 0 Å². The van der Waals surface area contributed by atoms with Gasteiger partial charge in [0.25, 0.3) is 0 Å². The standard InChI is InChI=1S/C20H14BrNO6/c1-2-18(23)27-15-6-4-13(21)7-12(15)8-14-20(24)28-19(22-14)11-3-5-16-17(9-11)26-10-25-16/h3-9H,2,10H2,1H3/b14-8+. The zero-order chi connectivity index (χ0) is 19.7. The fraction of sp³-hybridized carbons (Fsp3) is 0.150. The van der Waals surface area contributed by atoms with E-state index in [1.165, 1.54) is 6.08 Å². The van der Waals surface area contributed by atoms with E-state index in [1.54, 1.807) is 43.3 Å². The Bertz CT molecular complexity index is 1040. The van der Waals surface area contributed by atoms with Crippen LogP contribution in [-0.4, -0.2) is 24.6 Å². The second kappa shape index (κ2) is 7.47. The van der Waals surface area contributed by atoms with Crippen molar-refractivity contribution in [2.24, 2.45) is 4.99 Å². The average Bonchev–Trinajstić information content (AvgIpc) is 3.30. The highest BCUT2D eigenvalue weighted by Crippen LogP contribution is 2.34. The predicted molar refractivity (Wildman–Crippen MR) is 103 cm³/mol. The zero-order valence-electron chi connectivity index (χ0n) is 14.7. The first kappa shape index (κ1) is 18.2. The van der Waals surface area contributed by atoms with Gasteiger partial charge in [-0.15, -0.1) is 0 Å². The first-order valence-electron chi connectivity index (χ1n) is 8.46. The number of carbonyl (C=O) groups excluding carboxylic acids is 2. The van der Waals surface area contributed by atoms with E-state index in [0.717, 1.165) is 4.47 Å². The molecule has 0 radical (unpaired) electrons. The van der Waals surface area contributed by atoms with Gasteiger partial charge in [-0.05, 0) is 42.5 Å². The number of fused-ring (bicyclic) bond motifs is 1. The van der Waals surface area contributed by atoms with E-state index in [4.69, 9.17) is 18.9 Å². The highest BCUT2D eigenvalue weighted by atomic mass is 79.9. The van der Waals surface area contributed by atoms with Crippen molar-refractivity contribution in [1.82, 2.24) is 0 Å². The van der Waals surface area contributed by atoms with Gasteiger partial charge in [0.05, 0.1) is 0 Å². The molecule has 0 fully saturated rings. The van der Waals surface area contributed by atoms with Crippen molar-refractivity contribution in [2.45, 2.75) is 13.3 Å². The van der Waals surface area contributed by atoms with Crippen LogP contribution in [-0.2, 0) is 14.3 Å². The van der Waals surface area contributed by atoms with Crippen LogP contribution in [0.5, 0.6) is 17.2 Å². The maximum atomic E-state index is 12.3. The molecule has 7 nitrogen and oxygen atoms in total. The number of aliphatic imine (C=N–C) groups is 1. The Balaban J connectivity index is 1.67. The lowest BCUT2D eigenvalue weighted by atomic mass is 10.1. The third-order valence-corrected chi connectivity index (χ3v) is 4.51. The van der Waals surface area contributed by atoms with Gasteiger partial charge in [-0.25, -0.2) is 9.79 Å². The molecule has 0 bridgehead atoms. The molecule has 2 aromatic carbocycles. The van der Waals surface area contributed by atoms with Crippen LogP contribution in [0.4, 0.5) is 0 Å². The highest BCUT2D eigenvalue weighted by Gasteiger charge is 2.26. The Hall–Kier alpha value is -3.13. The van der Waals surface area contributed by atoms with Crippen LogP contribution in [0.15, 0.2) is 51.6 Å². The second-order valence-electron chi connectivity index (χ2n) is 5.91. The van der Waals surface area contributed by atoms with E-state index in [2.05, 4.69) is 20.9 Å². The van der Waals surface area contributed by atoms with Gasteiger partial charge in [-0.3, -0.25) is 4.79 Å². The number of halogens is 1. The molecule has 0 spiro atoms. The number of cyclic esters (lactones) is 1. The summed E-state index contributed by atoms with van der Waals surface area (Å²) in [6.07, 6.45) is 1.76. The van der Waals surface area contributed by atoms with Gasteiger partial charge in [-0.1, -0.05) is 22.9 Å². The zero-order valence-corrected chi connectivity index (χ0v) is 16.3. The monoisotopic (exact) mass is 443 g/mol. The predicted octanol–water partition coefficient (Wildman–Crippen LogP) is 3.84. The lowest BCUT2D eigenvalue weighted by Crippen LogP contribution is -2.07. The van der Waals surface area contributed by atoms with Crippen molar-refractivity contribution in [3.8, 4) is 17.2 Å². The smallest absolute Gasteiger partial charge is 0.363 e. The molecule has 2 aliphatic rings. The summed E-state index contributed by atoms with van der Waals surface area (Å²) < 4.78 is 22.0. The van der Waals surface area contributed by atoms with Crippen LogP contribution in [0, 0.1) is 0 Å². The molecule has 0 aliphatic carbocycles. The van der Waals surface area contributed by atoms with Crippen molar-refractivity contribution >= 4 is 39.8 Å². The molecule has 0 unspecified atom stereocenters. The maximum absolute atomic E-state index is 12.3. The van der Waals surface area contributed by atoms with Crippen LogP contribution in [0.1, 0.15) is 24.5 Å². The molecule has 0 amide bonds. The Morgan fingerprint density at radius 3 is 2.86 bits per heavy atom. The number of ether oxygens (including phenoxy) is 4. The number of hydrogen-bond donors (Lipinski definition) is 0. The molecule has 2 heterocycles. The lowest BCUT2D eigenvalue weighted by Gasteiger charge is -2.07. The first-order valence-corrected chi connectivity index (χ1v) is 9.25. The second-order valence-corrected chi connectivity index (χ2v) is 6.83. The molecule has 8 heteroatoms.